The lowest BCUT2D eigenvalue weighted by Gasteiger charge is -2.26. The molecular formula is C8H15N3O2. The van der Waals surface area contributed by atoms with Gasteiger partial charge in [-0.05, 0) is 0 Å². The number of carbonyl (C=O) groups excluding carboxylic acids is 1. The van der Waals surface area contributed by atoms with E-state index in [2.05, 4.69) is 10.6 Å². The molecule has 1 unspecified atom stereocenters. The maximum atomic E-state index is 11.4. The number of methoxy groups -OCH3 is 1. The van der Waals surface area contributed by atoms with Crippen LogP contribution in [0.15, 0.2) is 0 Å². The van der Waals surface area contributed by atoms with E-state index < -0.39 is 0 Å². The lowest BCUT2D eigenvalue weighted by molar-refractivity contribution is 0.0641. The van der Waals surface area contributed by atoms with E-state index in [9.17, 15) is 4.79 Å². The third-order valence-electron chi connectivity index (χ3n) is 2.72. The molecule has 0 saturated carbocycles. The summed E-state index contributed by atoms with van der Waals surface area (Å²) in [6.45, 7) is 3.23. The van der Waals surface area contributed by atoms with Crippen LogP contribution in [-0.2, 0) is 4.74 Å². The van der Waals surface area contributed by atoms with Crippen molar-refractivity contribution in [2.45, 2.75) is 12.1 Å². The van der Waals surface area contributed by atoms with Gasteiger partial charge in [0.15, 0.2) is 0 Å². The molecule has 2 fully saturated rings. The first kappa shape index (κ1) is 8.77. The summed E-state index contributed by atoms with van der Waals surface area (Å²) in [5.74, 6) is 0. The summed E-state index contributed by atoms with van der Waals surface area (Å²) in [4.78, 5) is 13.2. The van der Waals surface area contributed by atoms with E-state index in [0.29, 0.717) is 0 Å². The second-order valence-electron chi connectivity index (χ2n) is 3.43. The van der Waals surface area contributed by atoms with Gasteiger partial charge in [-0.1, -0.05) is 0 Å². The molecule has 0 aromatic carbocycles. The molecule has 2 N–H and O–H groups in total. The number of amides is 2. The predicted molar refractivity (Wildman–Crippen MR) is 47.6 cm³/mol. The van der Waals surface area contributed by atoms with E-state index in [4.69, 9.17) is 4.74 Å². The second-order valence-corrected chi connectivity index (χ2v) is 3.43. The first-order chi connectivity index (χ1) is 6.33. The molecule has 74 valence electrons. The van der Waals surface area contributed by atoms with E-state index in [1.165, 1.54) is 0 Å². The first-order valence-corrected chi connectivity index (χ1v) is 4.61. The van der Waals surface area contributed by atoms with Gasteiger partial charge in [0.05, 0.1) is 12.1 Å². The number of nitrogens with one attached hydrogen (secondary N) is 2. The van der Waals surface area contributed by atoms with Crippen molar-refractivity contribution in [3.05, 3.63) is 0 Å². The Balaban J connectivity index is 2.02. The Bertz CT molecular complexity index is 210. The average molecular weight is 185 g/mol. The minimum absolute atomic E-state index is 0.0377. The molecule has 2 rings (SSSR count). The average Bonchev–Trinajstić information content (AvgIpc) is 2.71. The Morgan fingerprint density at radius 2 is 2.38 bits per heavy atom. The quantitative estimate of drug-likeness (QED) is 0.580. The molecule has 0 aliphatic carbocycles. The molecule has 0 spiro atoms. The van der Waals surface area contributed by atoms with Crippen molar-refractivity contribution in [2.24, 2.45) is 0 Å². The minimum Gasteiger partial charge on any atom is -0.378 e. The highest BCUT2D eigenvalue weighted by Crippen LogP contribution is 2.13. The zero-order chi connectivity index (χ0) is 9.26. The number of nitrogens with zero attached hydrogens (tertiary/aromatic N) is 1. The van der Waals surface area contributed by atoms with Crippen LogP contribution in [0.1, 0.15) is 0 Å². The molecule has 0 radical (unpaired) electrons. The summed E-state index contributed by atoms with van der Waals surface area (Å²) >= 11 is 0. The molecule has 5 heteroatoms. The molecule has 2 amide bonds. The van der Waals surface area contributed by atoms with Gasteiger partial charge in [0.25, 0.3) is 0 Å². The number of ether oxygens (including phenoxy) is 1. The number of hydrogen-bond acceptors (Lipinski definition) is 3. The van der Waals surface area contributed by atoms with Crippen molar-refractivity contribution >= 4 is 6.03 Å². The van der Waals surface area contributed by atoms with Gasteiger partial charge in [-0.3, -0.25) is 0 Å². The molecule has 2 aliphatic heterocycles. The summed E-state index contributed by atoms with van der Waals surface area (Å²) in [5, 5.41) is 6.02. The maximum Gasteiger partial charge on any atom is 0.317 e. The topological polar surface area (TPSA) is 53.6 Å². The fraction of sp³-hybridized carbons (Fsp3) is 0.875. The van der Waals surface area contributed by atoms with Crippen molar-refractivity contribution in [3.63, 3.8) is 0 Å². The van der Waals surface area contributed by atoms with E-state index >= 15 is 0 Å². The maximum absolute atomic E-state index is 11.4. The van der Waals surface area contributed by atoms with Gasteiger partial charge in [-0.15, -0.1) is 0 Å². The van der Waals surface area contributed by atoms with Crippen LogP contribution >= 0.6 is 0 Å². The van der Waals surface area contributed by atoms with Crippen LogP contribution in [0.25, 0.3) is 0 Å². The molecule has 0 bridgehead atoms. The van der Waals surface area contributed by atoms with Crippen LogP contribution in [0.5, 0.6) is 0 Å². The third kappa shape index (κ3) is 1.49. The standard InChI is InChI=1S/C8H15N3O2/c1-13-7-5-9-4-6(7)11-3-2-10-8(11)12/h6-7,9H,2-5H2,1H3,(H,10,12)/t6?,7-/m0/s1. The molecule has 0 aromatic rings. The SMILES string of the molecule is CO[C@H]1CNCC1N1CCNC1=O. The molecule has 2 atom stereocenters. The molecule has 2 saturated heterocycles. The zero-order valence-electron chi connectivity index (χ0n) is 7.75. The van der Waals surface area contributed by atoms with E-state index in [0.717, 1.165) is 26.2 Å². The van der Waals surface area contributed by atoms with Crippen LogP contribution in [0.4, 0.5) is 4.79 Å². The highest BCUT2D eigenvalue weighted by Gasteiger charge is 2.36. The van der Waals surface area contributed by atoms with Gasteiger partial charge < -0.3 is 20.3 Å². The van der Waals surface area contributed by atoms with Crippen LogP contribution < -0.4 is 10.6 Å². The molecule has 0 aromatic heterocycles. The smallest absolute Gasteiger partial charge is 0.317 e. The van der Waals surface area contributed by atoms with Gasteiger partial charge in [0.1, 0.15) is 0 Å². The van der Waals surface area contributed by atoms with Gasteiger partial charge in [-0.2, -0.15) is 0 Å². The van der Waals surface area contributed by atoms with Crippen molar-refractivity contribution in [1.82, 2.24) is 15.5 Å². The summed E-state index contributed by atoms with van der Waals surface area (Å²) in [7, 11) is 1.69. The molecule has 2 heterocycles. The van der Waals surface area contributed by atoms with E-state index in [-0.39, 0.29) is 18.2 Å². The number of carbonyl (C=O) groups is 1. The van der Waals surface area contributed by atoms with Crippen LogP contribution in [-0.4, -0.2) is 56.4 Å². The van der Waals surface area contributed by atoms with Gasteiger partial charge >= 0.3 is 6.03 Å². The second kappa shape index (κ2) is 3.51. The Labute approximate surface area is 77.4 Å². The summed E-state index contributed by atoms with van der Waals surface area (Å²) in [6, 6.07) is 0.239. The van der Waals surface area contributed by atoms with E-state index in [1.807, 2.05) is 4.90 Å². The molecule has 13 heavy (non-hydrogen) atoms. The fourth-order valence-electron chi connectivity index (χ4n) is 2.00. The lowest BCUT2D eigenvalue weighted by atomic mass is 10.2. The lowest BCUT2D eigenvalue weighted by Crippen LogP contribution is -2.45. The van der Waals surface area contributed by atoms with Crippen LogP contribution in [0.2, 0.25) is 0 Å². The fourth-order valence-corrected chi connectivity index (χ4v) is 2.00. The van der Waals surface area contributed by atoms with Gasteiger partial charge in [0, 0.05) is 33.3 Å². The normalized spacial score (nSPS) is 33.9. The Hall–Kier alpha value is -0.810. The number of urea groups is 1. The molecular weight excluding hydrogens is 170 g/mol. The largest absolute Gasteiger partial charge is 0.378 e. The number of rotatable bonds is 2. The van der Waals surface area contributed by atoms with Crippen molar-refractivity contribution in [2.75, 3.05) is 33.3 Å². The predicted octanol–water partition coefficient (Wildman–Crippen LogP) is -1.00. The van der Waals surface area contributed by atoms with Crippen molar-refractivity contribution < 1.29 is 9.53 Å². The van der Waals surface area contributed by atoms with Crippen molar-refractivity contribution in [3.8, 4) is 0 Å². The highest BCUT2D eigenvalue weighted by molar-refractivity contribution is 5.76. The van der Waals surface area contributed by atoms with Gasteiger partial charge in [-0.25, -0.2) is 4.79 Å². The van der Waals surface area contributed by atoms with Gasteiger partial charge in [0.2, 0.25) is 0 Å². The zero-order valence-corrected chi connectivity index (χ0v) is 7.75. The third-order valence-corrected chi connectivity index (χ3v) is 2.72. The Kier molecular flexibility index (Phi) is 2.37. The summed E-state index contributed by atoms with van der Waals surface area (Å²) < 4.78 is 5.30. The van der Waals surface area contributed by atoms with Crippen LogP contribution in [0, 0.1) is 0 Å². The molecule has 2 aliphatic rings. The van der Waals surface area contributed by atoms with Crippen molar-refractivity contribution in [1.29, 1.82) is 0 Å². The molecule has 5 nitrogen and oxygen atoms in total. The highest BCUT2D eigenvalue weighted by atomic mass is 16.5. The monoisotopic (exact) mass is 185 g/mol. The minimum atomic E-state index is 0.0377. The summed E-state index contributed by atoms with van der Waals surface area (Å²) in [5.41, 5.74) is 0. The number of hydrogen-bond donors (Lipinski definition) is 2. The van der Waals surface area contributed by atoms with Crippen LogP contribution in [0.3, 0.4) is 0 Å². The van der Waals surface area contributed by atoms with E-state index in [1.54, 1.807) is 7.11 Å². The summed E-state index contributed by atoms with van der Waals surface area (Å²) in [6.07, 6.45) is 0.142. The Morgan fingerprint density at radius 3 is 3.00 bits per heavy atom. The Morgan fingerprint density at radius 1 is 1.54 bits per heavy atom. The first-order valence-electron chi connectivity index (χ1n) is 4.61.